The molecule has 0 saturated carbocycles. The number of Topliss-reactive ketones (excluding diaryl/α,β-unsaturated/α-hetero) is 1. The van der Waals surface area contributed by atoms with Crippen molar-refractivity contribution < 1.29 is 23.6 Å². The van der Waals surface area contributed by atoms with Gasteiger partial charge in [0, 0.05) is 29.2 Å². The van der Waals surface area contributed by atoms with Crippen molar-refractivity contribution in [3.63, 3.8) is 0 Å². The van der Waals surface area contributed by atoms with Crippen LogP contribution in [0.2, 0.25) is 0 Å². The first kappa shape index (κ1) is 23.8. The Labute approximate surface area is 192 Å². The fourth-order valence-electron chi connectivity index (χ4n) is 2.93. The van der Waals surface area contributed by atoms with E-state index in [0.717, 1.165) is 11.1 Å². The van der Waals surface area contributed by atoms with Crippen LogP contribution < -0.4 is 5.32 Å². The second-order valence-electron chi connectivity index (χ2n) is 8.10. The number of rotatable bonds is 9. The van der Waals surface area contributed by atoms with E-state index in [4.69, 9.17) is 9.26 Å². The van der Waals surface area contributed by atoms with Gasteiger partial charge in [0.05, 0.1) is 6.42 Å². The van der Waals surface area contributed by atoms with Gasteiger partial charge in [-0.2, -0.15) is 4.98 Å². The topological polar surface area (TPSA) is 111 Å². The smallest absolute Gasteiger partial charge is 0.307 e. The largest absolute Gasteiger partial charge is 0.454 e. The molecular formula is C25H27N3O5. The Morgan fingerprint density at radius 1 is 1.00 bits per heavy atom. The number of carbonyl (C=O) groups excluding carboxylic acids is 3. The summed E-state index contributed by atoms with van der Waals surface area (Å²) in [6.45, 7) is 7.11. The number of anilines is 1. The van der Waals surface area contributed by atoms with Crippen molar-refractivity contribution in [3.05, 3.63) is 65.5 Å². The number of hydrogen-bond acceptors (Lipinski definition) is 7. The second-order valence-corrected chi connectivity index (χ2v) is 8.10. The van der Waals surface area contributed by atoms with Crippen LogP contribution >= 0.6 is 0 Å². The zero-order valence-electron chi connectivity index (χ0n) is 19.1. The molecule has 0 radical (unpaired) electrons. The first-order valence-electron chi connectivity index (χ1n) is 10.8. The maximum Gasteiger partial charge on any atom is 0.307 e. The minimum atomic E-state index is -0.945. The number of nitrogens with zero attached hydrogens (tertiary/aromatic N) is 2. The molecule has 0 aliphatic carbocycles. The molecule has 0 fully saturated rings. The number of hydrogen-bond donors (Lipinski definition) is 1. The van der Waals surface area contributed by atoms with Gasteiger partial charge in [-0.3, -0.25) is 14.4 Å². The summed E-state index contributed by atoms with van der Waals surface area (Å²) in [7, 11) is 0. The van der Waals surface area contributed by atoms with Crippen molar-refractivity contribution in [2.45, 2.75) is 46.6 Å². The number of aromatic nitrogens is 2. The van der Waals surface area contributed by atoms with E-state index >= 15 is 0 Å². The van der Waals surface area contributed by atoms with Crippen LogP contribution in [-0.4, -0.2) is 33.9 Å². The summed E-state index contributed by atoms with van der Waals surface area (Å²) in [5.41, 5.74) is 2.94. The van der Waals surface area contributed by atoms with Crippen LogP contribution in [0.1, 0.15) is 49.0 Å². The second kappa shape index (κ2) is 10.7. The van der Waals surface area contributed by atoms with Gasteiger partial charge < -0.3 is 14.6 Å². The summed E-state index contributed by atoms with van der Waals surface area (Å²) in [4.78, 5) is 40.8. The molecule has 0 saturated heterocycles. The lowest BCUT2D eigenvalue weighted by atomic mass is 10.1. The molecule has 0 aliphatic rings. The molecule has 1 unspecified atom stereocenters. The van der Waals surface area contributed by atoms with Crippen LogP contribution in [0.15, 0.2) is 53.1 Å². The van der Waals surface area contributed by atoms with Crippen LogP contribution in [0.4, 0.5) is 5.69 Å². The molecule has 0 spiro atoms. The summed E-state index contributed by atoms with van der Waals surface area (Å²) >= 11 is 0. The van der Waals surface area contributed by atoms with Gasteiger partial charge in [0.15, 0.2) is 6.10 Å². The lowest BCUT2D eigenvalue weighted by Crippen LogP contribution is -2.24. The van der Waals surface area contributed by atoms with Crippen LogP contribution in [-0.2, 0) is 20.7 Å². The molecule has 1 atom stereocenters. The molecule has 2 aromatic carbocycles. The molecule has 33 heavy (non-hydrogen) atoms. The number of aryl methyl sites for hydroxylation is 2. The van der Waals surface area contributed by atoms with Crippen LogP contribution in [0.25, 0.3) is 11.4 Å². The van der Waals surface area contributed by atoms with Gasteiger partial charge in [0.2, 0.25) is 23.4 Å². The molecule has 172 valence electrons. The summed E-state index contributed by atoms with van der Waals surface area (Å²) < 4.78 is 10.5. The number of carbonyl (C=O) groups is 3. The minimum absolute atomic E-state index is 0.00726. The van der Waals surface area contributed by atoms with Crippen LogP contribution in [0.3, 0.4) is 0 Å². The fourth-order valence-corrected chi connectivity index (χ4v) is 2.93. The third-order valence-electron chi connectivity index (χ3n) is 4.96. The first-order valence-corrected chi connectivity index (χ1v) is 10.8. The third kappa shape index (κ3) is 6.58. The lowest BCUT2D eigenvalue weighted by molar-refractivity contribution is -0.146. The molecule has 8 nitrogen and oxygen atoms in total. The van der Waals surface area contributed by atoms with Gasteiger partial charge in [0.25, 0.3) is 0 Å². The third-order valence-corrected chi connectivity index (χ3v) is 4.96. The number of ether oxygens (including phenoxy) is 1. The van der Waals surface area contributed by atoms with E-state index in [1.54, 1.807) is 38.1 Å². The van der Waals surface area contributed by atoms with E-state index in [1.165, 1.54) is 6.92 Å². The number of esters is 1. The standard InChI is InChI=1S/C25H27N3O5/c1-15(2)25(31)26-20-11-9-18(10-12-20)23(30)17(4)32-22(29)14-13-21-27-24(28-33-21)19-7-5-16(3)6-8-19/h5-12,15,17H,13-14H2,1-4H3,(H,26,31). The van der Waals surface area contributed by atoms with Crippen LogP contribution in [0, 0.1) is 12.8 Å². The van der Waals surface area contributed by atoms with E-state index < -0.39 is 12.1 Å². The van der Waals surface area contributed by atoms with Gasteiger partial charge in [-0.1, -0.05) is 48.8 Å². The Morgan fingerprint density at radius 2 is 1.67 bits per heavy atom. The molecular weight excluding hydrogens is 422 g/mol. The van der Waals surface area contributed by atoms with Crippen molar-refractivity contribution >= 4 is 23.3 Å². The molecule has 8 heteroatoms. The number of benzene rings is 2. The Balaban J connectivity index is 1.49. The number of ketones is 1. The zero-order chi connectivity index (χ0) is 24.0. The summed E-state index contributed by atoms with van der Waals surface area (Å²) in [5, 5.41) is 6.70. The molecule has 1 heterocycles. The maximum absolute atomic E-state index is 12.6. The van der Waals surface area contributed by atoms with Crippen molar-refractivity contribution in [1.29, 1.82) is 0 Å². The van der Waals surface area contributed by atoms with Crippen molar-refractivity contribution in [1.82, 2.24) is 10.1 Å². The van der Waals surface area contributed by atoms with E-state index in [9.17, 15) is 14.4 Å². The number of nitrogens with one attached hydrogen (secondary N) is 1. The van der Waals surface area contributed by atoms with E-state index in [0.29, 0.717) is 23.0 Å². The Kier molecular flexibility index (Phi) is 7.71. The normalized spacial score (nSPS) is 11.8. The monoisotopic (exact) mass is 449 g/mol. The van der Waals surface area contributed by atoms with Crippen molar-refractivity contribution in [3.8, 4) is 11.4 Å². The Hall–Kier alpha value is -3.81. The SMILES string of the molecule is Cc1ccc(-c2noc(CCC(=O)OC(C)C(=O)c3ccc(NC(=O)C(C)C)cc3)n2)cc1. The first-order chi connectivity index (χ1) is 15.7. The molecule has 1 amide bonds. The van der Waals surface area contributed by atoms with Gasteiger partial charge in [-0.05, 0) is 38.1 Å². The van der Waals surface area contributed by atoms with Gasteiger partial charge in [-0.15, -0.1) is 0 Å². The summed E-state index contributed by atoms with van der Waals surface area (Å²) in [6.07, 6.45) is -0.727. The van der Waals surface area contributed by atoms with E-state index in [-0.39, 0.29) is 30.4 Å². The molecule has 0 aliphatic heterocycles. The van der Waals surface area contributed by atoms with E-state index in [1.807, 2.05) is 31.2 Å². The van der Waals surface area contributed by atoms with Crippen LogP contribution in [0.5, 0.6) is 0 Å². The fraction of sp³-hybridized carbons (Fsp3) is 0.320. The van der Waals surface area contributed by atoms with Crippen molar-refractivity contribution in [2.75, 3.05) is 5.32 Å². The van der Waals surface area contributed by atoms with Crippen molar-refractivity contribution in [2.24, 2.45) is 5.92 Å². The highest BCUT2D eigenvalue weighted by molar-refractivity contribution is 6.01. The average molecular weight is 450 g/mol. The highest BCUT2D eigenvalue weighted by Gasteiger charge is 2.20. The average Bonchev–Trinajstić information content (AvgIpc) is 3.27. The molecule has 3 rings (SSSR count). The Bertz CT molecular complexity index is 1120. The van der Waals surface area contributed by atoms with Gasteiger partial charge in [0.1, 0.15) is 0 Å². The number of amides is 1. The zero-order valence-corrected chi connectivity index (χ0v) is 19.1. The predicted molar refractivity (Wildman–Crippen MR) is 123 cm³/mol. The molecule has 1 aromatic heterocycles. The predicted octanol–water partition coefficient (Wildman–Crippen LogP) is 4.39. The molecule has 0 bridgehead atoms. The quantitative estimate of drug-likeness (QED) is 0.381. The lowest BCUT2D eigenvalue weighted by Gasteiger charge is -2.13. The summed E-state index contributed by atoms with van der Waals surface area (Å²) in [6, 6.07) is 14.2. The maximum atomic E-state index is 12.6. The Morgan fingerprint density at radius 3 is 2.30 bits per heavy atom. The van der Waals surface area contributed by atoms with Gasteiger partial charge >= 0.3 is 5.97 Å². The van der Waals surface area contributed by atoms with E-state index in [2.05, 4.69) is 15.5 Å². The minimum Gasteiger partial charge on any atom is -0.454 e. The molecule has 3 aromatic rings. The summed E-state index contributed by atoms with van der Waals surface area (Å²) in [5.74, 6) is -0.345. The van der Waals surface area contributed by atoms with Gasteiger partial charge in [-0.25, -0.2) is 0 Å². The highest BCUT2D eigenvalue weighted by Crippen LogP contribution is 2.17. The highest BCUT2D eigenvalue weighted by atomic mass is 16.5. The molecule has 1 N–H and O–H groups in total.